The number of carbonyl (C=O) groups excluding carboxylic acids is 1. The third-order valence-electron chi connectivity index (χ3n) is 4.25. The normalized spacial score (nSPS) is 13.8. The number of nitrogens with one attached hydrogen (secondary N) is 1. The van der Waals surface area contributed by atoms with Gasteiger partial charge in [0.05, 0.1) is 16.3 Å². The third-order valence-corrected chi connectivity index (χ3v) is 4.25. The van der Waals surface area contributed by atoms with Crippen molar-refractivity contribution in [1.29, 1.82) is 0 Å². The lowest BCUT2D eigenvalue weighted by Crippen LogP contribution is -2.21. The summed E-state index contributed by atoms with van der Waals surface area (Å²) in [5, 5.41) is 13.8. The topological polar surface area (TPSA) is 75.5 Å². The van der Waals surface area contributed by atoms with Crippen LogP contribution in [0.1, 0.15) is 28.8 Å². The Labute approximate surface area is 140 Å². The number of nitrogens with zero attached hydrogens (tertiary/aromatic N) is 2. The molecule has 1 N–H and O–H groups in total. The van der Waals surface area contributed by atoms with E-state index in [1.54, 1.807) is 13.0 Å². The number of nitro groups is 1. The van der Waals surface area contributed by atoms with Crippen LogP contribution < -0.4 is 10.2 Å². The molecular formula is C18H19N3O3. The molecule has 1 heterocycles. The number of hydrogen-bond donors (Lipinski definition) is 1. The molecule has 24 heavy (non-hydrogen) atoms. The lowest BCUT2D eigenvalue weighted by molar-refractivity contribution is -0.385. The summed E-state index contributed by atoms with van der Waals surface area (Å²) in [4.78, 5) is 25.2. The molecule has 1 aliphatic rings. The van der Waals surface area contributed by atoms with Crippen molar-refractivity contribution in [2.24, 2.45) is 0 Å². The fourth-order valence-corrected chi connectivity index (χ4v) is 3.01. The SMILES string of the molecule is Cc1cc(C(=O)Nc2ccccc2N2CCCC2)ccc1[N+](=O)[O-]. The molecule has 0 atom stereocenters. The van der Waals surface area contributed by atoms with Gasteiger partial charge in [-0.1, -0.05) is 12.1 Å². The zero-order chi connectivity index (χ0) is 17.1. The molecule has 124 valence electrons. The average molecular weight is 325 g/mol. The second-order valence-electron chi connectivity index (χ2n) is 5.92. The molecule has 0 unspecified atom stereocenters. The summed E-state index contributed by atoms with van der Waals surface area (Å²) in [5.41, 5.74) is 2.68. The molecule has 1 fully saturated rings. The molecule has 0 aliphatic carbocycles. The highest BCUT2D eigenvalue weighted by molar-refractivity contribution is 6.06. The third kappa shape index (κ3) is 3.22. The number of benzene rings is 2. The van der Waals surface area contributed by atoms with Gasteiger partial charge in [0.15, 0.2) is 0 Å². The van der Waals surface area contributed by atoms with Crippen LogP contribution in [0.5, 0.6) is 0 Å². The molecule has 1 saturated heterocycles. The van der Waals surface area contributed by atoms with Crippen LogP contribution in [0, 0.1) is 17.0 Å². The van der Waals surface area contributed by atoms with Crippen molar-refractivity contribution in [3.8, 4) is 0 Å². The van der Waals surface area contributed by atoms with Crippen molar-refractivity contribution >= 4 is 23.0 Å². The molecule has 6 heteroatoms. The monoisotopic (exact) mass is 325 g/mol. The van der Waals surface area contributed by atoms with Crippen LogP contribution in [0.25, 0.3) is 0 Å². The van der Waals surface area contributed by atoms with Gasteiger partial charge < -0.3 is 10.2 Å². The lowest BCUT2D eigenvalue weighted by atomic mass is 10.1. The highest BCUT2D eigenvalue weighted by Crippen LogP contribution is 2.29. The molecule has 0 bridgehead atoms. The van der Waals surface area contributed by atoms with Gasteiger partial charge in [-0.25, -0.2) is 0 Å². The maximum Gasteiger partial charge on any atom is 0.272 e. The molecule has 0 radical (unpaired) electrons. The lowest BCUT2D eigenvalue weighted by Gasteiger charge is -2.21. The second-order valence-corrected chi connectivity index (χ2v) is 5.92. The zero-order valence-corrected chi connectivity index (χ0v) is 13.5. The summed E-state index contributed by atoms with van der Waals surface area (Å²) in [6.45, 7) is 3.61. The Morgan fingerprint density at radius 3 is 2.54 bits per heavy atom. The highest BCUT2D eigenvalue weighted by Gasteiger charge is 2.18. The van der Waals surface area contributed by atoms with Crippen molar-refractivity contribution in [3.63, 3.8) is 0 Å². The Hall–Kier alpha value is -2.89. The minimum Gasteiger partial charge on any atom is -0.370 e. The van der Waals surface area contributed by atoms with E-state index in [0.717, 1.165) is 37.3 Å². The predicted octanol–water partition coefficient (Wildman–Crippen LogP) is 3.76. The Balaban J connectivity index is 1.83. The van der Waals surface area contributed by atoms with E-state index in [1.165, 1.54) is 12.1 Å². The van der Waals surface area contributed by atoms with Crippen molar-refractivity contribution in [2.45, 2.75) is 19.8 Å². The van der Waals surface area contributed by atoms with Gasteiger partial charge in [0, 0.05) is 30.3 Å². The van der Waals surface area contributed by atoms with E-state index in [4.69, 9.17) is 0 Å². The molecule has 2 aromatic carbocycles. The minimum atomic E-state index is -0.445. The van der Waals surface area contributed by atoms with Crippen LogP contribution >= 0.6 is 0 Å². The first-order valence-corrected chi connectivity index (χ1v) is 7.96. The molecule has 3 rings (SSSR count). The number of rotatable bonds is 4. The molecule has 0 aromatic heterocycles. The number of hydrogen-bond acceptors (Lipinski definition) is 4. The van der Waals surface area contributed by atoms with Crippen LogP contribution in [0.3, 0.4) is 0 Å². The van der Waals surface area contributed by atoms with Crippen molar-refractivity contribution in [2.75, 3.05) is 23.3 Å². The summed E-state index contributed by atoms with van der Waals surface area (Å²) in [6.07, 6.45) is 2.31. The number of para-hydroxylation sites is 2. The summed E-state index contributed by atoms with van der Waals surface area (Å²) in [7, 11) is 0. The van der Waals surface area contributed by atoms with E-state index in [-0.39, 0.29) is 11.6 Å². The quantitative estimate of drug-likeness (QED) is 0.686. The zero-order valence-electron chi connectivity index (χ0n) is 13.5. The van der Waals surface area contributed by atoms with Gasteiger partial charge in [0.2, 0.25) is 0 Å². The van der Waals surface area contributed by atoms with E-state index in [1.807, 2.05) is 24.3 Å². The maximum atomic E-state index is 12.5. The molecule has 0 saturated carbocycles. The number of nitro benzene ring substituents is 1. The van der Waals surface area contributed by atoms with E-state index >= 15 is 0 Å². The summed E-state index contributed by atoms with van der Waals surface area (Å²) in [6, 6.07) is 12.1. The largest absolute Gasteiger partial charge is 0.370 e. The first-order chi connectivity index (χ1) is 11.6. The Morgan fingerprint density at radius 2 is 1.88 bits per heavy atom. The smallest absolute Gasteiger partial charge is 0.272 e. The molecule has 6 nitrogen and oxygen atoms in total. The van der Waals surface area contributed by atoms with Crippen LogP contribution in [0.2, 0.25) is 0 Å². The van der Waals surface area contributed by atoms with Crippen LogP contribution in [-0.4, -0.2) is 23.9 Å². The number of amides is 1. The number of aryl methyl sites for hydroxylation is 1. The molecular weight excluding hydrogens is 306 g/mol. The van der Waals surface area contributed by atoms with Crippen LogP contribution in [0.15, 0.2) is 42.5 Å². The molecule has 0 spiro atoms. The minimum absolute atomic E-state index is 0.0176. The Morgan fingerprint density at radius 1 is 1.17 bits per heavy atom. The van der Waals surface area contributed by atoms with E-state index in [2.05, 4.69) is 10.2 Å². The van der Waals surface area contributed by atoms with Gasteiger partial charge in [-0.05, 0) is 44.0 Å². The van der Waals surface area contributed by atoms with Gasteiger partial charge in [-0.3, -0.25) is 14.9 Å². The van der Waals surface area contributed by atoms with Gasteiger partial charge in [0.1, 0.15) is 0 Å². The summed E-state index contributed by atoms with van der Waals surface area (Å²) in [5.74, 6) is -0.264. The van der Waals surface area contributed by atoms with E-state index in [9.17, 15) is 14.9 Å². The Bertz CT molecular complexity index is 783. The fourth-order valence-electron chi connectivity index (χ4n) is 3.01. The van der Waals surface area contributed by atoms with Crippen LogP contribution in [0.4, 0.5) is 17.1 Å². The van der Waals surface area contributed by atoms with E-state index < -0.39 is 4.92 Å². The maximum absolute atomic E-state index is 12.5. The molecule has 2 aromatic rings. The fraction of sp³-hybridized carbons (Fsp3) is 0.278. The van der Waals surface area contributed by atoms with Gasteiger partial charge in [-0.2, -0.15) is 0 Å². The van der Waals surface area contributed by atoms with Crippen LogP contribution in [-0.2, 0) is 0 Å². The van der Waals surface area contributed by atoms with Gasteiger partial charge in [-0.15, -0.1) is 0 Å². The number of carbonyl (C=O) groups is 1. The van der Waals surface area contributed by atoms with Gasteiger partial charge >= 0.3 is 0 Å². The number of anilines is 2. The molecule has 1 aliphatic heterocycles. The summed E-state index contributed by atoms with van der Waals surface area (Å²) >= 11 is 0. The molecule has 1 amide bonds. The Kier molecular flexibility index (Phi) is 4.46. The first-order valence-electron chi connectivity index (χ1n) is 7.96. The average Bonchev–Trinajstić information content (AvgIpc) is 3.09. The standard InChI is InChI=1S/C18H19N3O3/c1-13-12-14(8-9-16(13)21(23)24)18(22)19-15-6-2-3-7-17(15)20-10-4-5-11-20/h2-3,6-9,12H,4-5,10-11H2,1H3,(H,19,22). The second kappa shape index (κ2) is 6.70. The van der Waals surface area contributed by atoms with Crippen molar-refractivity contribution < 1.29 is 9.72 Å². The van der Waals surface area contributed by atoms with E-state index in [0.29, 0.717) is 11.1 Å². The van der Waals surface area contributed by atoms with Crippen molar-refractivity contribution in [1.82, 2.24) is 0 Å². The van der Waals surface area contributed by atoms with Crippen molar-refractivity contribution in [3.05, 3.63) is 63.7 Å². The predicted molar refractivity (Wildman–Crippen MR) is 93.7 cm³/mol. The van der Waals surface area contributed by atoms with Gasteiger partial charge in [0.25, 0.3) is 11.6 Å². The first kappa shape index (κ1) is 16.0. The highest BCUT2D eigenvalue weighted by atomic mass is 16.6. The summed E-state index contributed by atoms with van der Waals surface area (Å²) < 4.78 is 0.